The van der Waals surface area contributed by atoms with Crippen molar-refractivity contribution in [2.45, 2.75) is 0 Å². The number of rotatable bonds is 2. The molecule has 0 aliphatic heterocycles. The standard InChI is InChI=1S/C11H5Cl3N2O2/c12-6-1-2-7(9(13)5-6)8-3-4-15-11(14)10(8)16(17)18/h1-5H. The van der Waals surface area contributed by atoms with Crippen LogP contribution in [0.15, 0.2) is 30.5 Å². The van der Waals surface area contributed by atoms with Gasteiger partial charge in [-0.15, -0.1) is 0 Å². The number of benzene rings is 1. The van der Waals surface area contributed by atoms with E-state index in [4.69, 9.17) is 34.8 Å². The number of hydrogen-bond donors (Lipinski definition) is 0. The molecule has 0 aliphatic rings. The van der Waals surface area contributed by atoms with E-state index < -0.39 is 4.92 Å². The number of hydrogen-bond acceptors (Lipinski definition) is 3. The maximum atomic E-state index is 11.0. The summed E-state index contributed by atoms with van der Waals surface area (Å²) in [6, 6.07) is 6.19. The van der Waals surface area contributed by atoms with Gasteiger partial charge in [-0.3, -0.25) is 10.1 Å². The van der Waals surface area contributed by atoms with Gasteiger partial charge in [-0.25, -0.2) is 4.98 Å². The third-order valence-electron chi connectivity index (χ3n) is 2.28. The molecule has 0 atom stereocenters. The molecule has 18 heavy (non-hydrogen) atoms. The molecule has 0 spiro atoms. The van der Waals surface area contributed by atoms with E-state index in [0.29, 0.717) is 21.2 Å². The minimum atomic E-state index is -0.588. The molecule has 2 aromatic rings. The van der Waals surface area contributed by atoms with Gasteiger partial charge in [0.2, 0.25) is 5.15 Å². The van der Waals surface area contributed by atoms with Crippen LogP contribution in [0.2, 0.25) is 15.2 Å². The summed E-state index contributed by atoms with van der Waals surface area (Å²) in [5.41, 5.74) is 0.516. The molecule has 4 nitrogen and oxygen atoms in total. The van der Waals surface area contributed by atoms with Crippen LogP contribution in [0.5, 0.6) is 0 Å². The zero-order chi connectivity index (χ0) is 13.3. The quantitative estimate of drug-likeness (QED) is 0.462. The molecule has 0 N–H and O–H groups in total. The Balaban J connectivity index is 2.71. The van der Waals surface area contributed by atoms with Gasteiger partial charge in [-0.1, -0.05) is 40.9 Å². The molecule has 92 valence electrons. The topological polar surface area (TPSA) is 56.0 Å². The van der Waals surface area contributed by atoms with Gasteiger partial charge in [-0.2, -0.15) is 0 Å². The fourth-order valence-corrected chi connectivity index (χ4v) is 2.26. The second-order valence-corrected chi connectivity index (χ2v) is 4.58. The lowest BCUT2D eigenvalue weighted by Gasteiger charge is -2.06. The average Bonchev–Trinajstić information content (AvgIpc) is 2.28. The van der Waals surface area contributed by atoms with Gasteiger partial charge in [0, 0.05) is 16.8 Å². The molecule has 0 bridgehead atoms. The average molecular weight is 304 g/mol. The highest BCUT2D eigenvalue weighted by atomic mass is 35.5. The summed E-state index contributed by atoms with van der Waals surface area (Å²) in [6.07, 6.45) is 1.38. The van der Waals surface area contributed by atoms with Crippen LogP contribution >= 0.6 is 34.8 Å². The smallest absolute Gasteiger partial charge is 0.258 e. The minimum Gasteiger partial charge on any atom is -0.258 e. The molecule has 0 saturated carbocycles. The first kappa shape index (κ1) is 13.1. The lowest BCUT2D eigenvalue weighted by molar-refractivity contribution is -0.384. The van der Waals surface area contributed by atoms with E-state index in [2.05, 4.69) is 4.98 Å². The van der Waals surface area contributed by atoms with Crippen LogP contribution < -0.4 is 0 Å². The van der Waals surface area contributed by atoms with Gasteiger partial charge in [-0.05, 0) is 18.2 Å². The molecular weight excluding hydrogens is 298 g/mol. The van der Waals surface area contributed by atoms with Crippen molar-refractivity contribution in [1.29, 1.82) is 0 Å². The van der Waals surface area contributed by atoms with Crippen molar-refractivity contribution in [3.05, 3.63) is 55.8 Å². The SMILES string of the molecule is O=[N+]([O-])c1c(-c2ccc(Cl)cc2Cl)ccnc1Cl. The van der Waals surface area contributed by atoms with Crippen molar-refractivity contribution in [3.63, 3.8) is 0 Å². The summed E-state index contributed by atoms with van der Waals surface area (Å²) in [7, 11) is 0. The van der Waals surface area contributed by atoms with Gasteiger partial charge in [0.25, 0.3) is 0 Å². The Kier molecular flexibility index (Phi) is 3.71. The lowest BCUT2D eigenvalue weighted by Crippen LogP contribution is -1.95. The van der Waals surface area contributed by atoms with Crippen LogP contribution in [0.4, 0.5) is 5.69 Å². The van der Waals surface area contributed by atoms with Crippen LogP contribution in [0.3, 0.4) is 0 Å². The largest absolute Gasteiger partial charge is 0.314 e. The maximum Gasteiger partial charge on any atom is 0.314 e. The van der Waals surface area contributed by atoms with Crippen molar-refractivity contribution in [1.82, 2.24) is 4.98 Å². The Bertz CT molecular complexity index is 632. The summed E-state index contributed by atoms with van der Waals surface area (Å²) in [5.74, 6) is 0. The third-order valence-corrected chi connectivity index (χ3v) is 3.11. The van der Waals surface area contributed by atoms with Crippen LogP contribution in [-0.2, 0) is 0 Å². The molecule has 0 fully saturated rings. The van der Waals surface area contributed by atoms with Gasteiger partial charge in [0.15, 0.2) is 0 Å². The molecule has 7 heteroatoms. The Morgan fingerprint density at radius 2 is 1.83 bits per heavy atom. The predicted molar refractivity (Wildman–Crippen MR) is 71.4 cm³/mol. The van der Waals surface area contributed by atoms with Crippen molar-refractivity contribution in [2.75, 3.05) is 0 Å². The molecule has 0 amide bonds. The summed E-state index contributed by atoms with van der Waals surface area (Å²) in [4.78, 5) is 14.1. The van der Waals surface area contributed by atoms with Crippen molar-refractivity contribution in [2.24, 2.45) is 0 Å². The van der Waals surface area contributed by atoms with Crippen molar-refractivity contribution < 1.29 is 4.92 Å². The Hall–Kier alpha value is -1.36. The normalized spacial score (nSPS) is 10.4. The molecule has 1 heterocycles. The minimum absolute atomic E-state index is 0.177. The van der Waals surface area contributed by atoms with E-state index in [1.54, 1.807) is 12.1 Å². The number of pyridine rings is 1. The van der Waals surface area contributed by atoms with Crippen LogP contribution in [0, 0.1) is 10.1 Å². The highest BCUT2D eigenvalue weighted by Gasteiger charge is 2.22. The maximum absolute atomic E-state index is 11.0. The van der Waals surface area contributed by atoms with Crippen LogP contribution in [0.25, 0.3) is 11.1 Å². The van der Waals surface area contributed by atoms with E-state index >= 15 is 0 Å². The van der Waals surface area contributed by atoms with Gasteiger partial charge >= 0.3 is 5.69 Å². The first-order valence-electron chi connectivity index (χ1n) is 4.75. The summed E-state index contributed by atoms with van der Waals surface area (Å²) >= 11 is 17.5. The lowest BCUT2D eigenvalue weighted by atomic mass is 10.1. The molecule has 1 aromatic heterocycles. The molecule has 0 unspecified atom stereocenters. The van der Waals surface area contributed by atoms with Crippen LogP contribution in [0.1, 0.15) is 0 Å². The first-order chi connectivity index (χ1) is 8.50. The molecule has 0 radical (unpaired) electrons. The van der Waals surface area contributed by atoms with Gasteiger partial charge in [0.05, 0.1) is 15.5 Å². The zero-order valence-corrected chi connectivity index (χ0v) is 11.0. The fraction of sp³-hybridized carbons (Fsp3) is 0. The number of aromatic nitrogens is 1. The summed E-state index contributed by atoms with van der Waals surface area (Å²) < 4.78 is 0. The molecular formula is C11H5Cl3N2O2. The van der Waals surface area contributed by atoms with E-state index in [1.165, 1.54) is 18.3 Å². The monoisotopic (exact) mass is 302 g/mol. The summed E-state index contributed by atoms with van der Waals surface area (Å²) in [6.45, 7) is 0. The van der Waals surface area contributed by atoms with Crippen molar-refractivity contribution >= 4 is 40.5 Å². The van der Waals surface area contributed by atoms with E-state index in [1.807, 2.05) is 0 Å². The van der Waals surface area contributed by atoms with Gasteiger partial charge in [0.1, 0.15) is 0 Å². The second kappa shape index (κ2) is 5.10. The van der Waals surface area contributed by atoms with Gasteiger partial charge < -0.3 is 0 Å². The van der Waals surface area contributed by atoms with E-state index in [9.17, 15) is 10.1 Å². The Morgan fingerprint density at radius 1 is 1.11 bits per heavy atom. The highest BCUT2D eigenvalue weighted by molar-refractivity contribution is 6.37. The third kappa shape index (κ3) is 2.41. The molecule has 1 aromatic carbocycles. The van der Waals surface area contributed by atoms with E-state index in [0.717, 1.165) is 0 Å². The molecule has 0 saturated heterocycles. The zero-order valence-electron chi connectivity index (χ0n) is 8.73. The summed E-state index contributed by atoms with van der Waals surface area (Å²) in [5, 5.41) is 11.6. The van der Waals surface area contributed by atoms with Crippen LogP contribution in [-0.4, -0.2) is 9.91 Å². The second-order valence-electron chi connectivity index (χ2n) is 3.38. The highest BCUT2D eigenvalue weighted by Crippen LogP contribution is 2.38. The number of nitro groups is 1. The fourth-order valence-electron chi connectivity index (χ4n) is 1.53. The number of nitrogens with zero attached hydrogens (tertiary/aromatic N) is 2. The Labute approximate surface area is 117 Å². The van der Waals surface area contributed by atoms with E-state index in [-0.39, 0.29) is 10.8 Å². The molecule has 2 rings (SSSR count). The Morgan fingerprint density at radius 3 is 2.44 bits per heavy atom. The molecule has 0 aliphatic carbocycles. The first-order valence-corrected chi connectivity index (χ1v) is 5.88. The number of halogens is 3. The van der Waals surface area contributed by atoms with Crippen molar-refractivity contribution in [3.8, 4) is 11.1 Å². The predicted octanol–water partition coefficient (Wildman–Crippen LogP) is 4.62.